The summed E-state index contributed by atoms with van der Waals surface area (Å²) in [5.74, 6) is -0.449. The SMILES string of the molecule is Cc1cc(/C=C2/C(=O)Nc3cc(C(F)(F)F)ccc32)c(C)n1-c1cccc(Cl)c1Cl. The van der Waals surface area contributed by atoms with E-state index in [9.17, 15) is 18.0 Å². The van der Waals surface area contributed by atoms with Crippen LogP contribution < -0.4 is 5.32 Å². The summed E-state index contributed by atoms with van der Waals surface area (Å²) in [6, 6.07) is 10.4. The van der Waals surface area contributed by atoms with Crippen LogP contribution in [0.1, 0.15) is 28.1 Å². The first-order valence-electron chi connectivity index (χ1n) is 8.96. The Bertz CT molecular complexity index is 1230. The molecule has 1 aliphatic heterocycles. The van der Waals surface area contributed by atoms with Crippen molar-refractivity contribution in [3.05, 3.63) is 80.6 Å². The number of benzene rings is 2. The molecule has 30 heavy (non-hydrogen) atoms. The van der Waals surface area contributed by atoms with Crippen LogP contribution in [0.5, 0.6) is 0 Å². The minimum atomic E-state index is -4.48. The van der Waals surface area contributed by atoms with Crippen LogP contribution in [0.3, 0.4) is 0 Å². The van der Waals surface area contributed by atoms with Gasteiger partial charge in [-0.15, -0.1) is 0 Å². The van der Waals surface area contributed by atoms with E-state index in [1.165, 1.54) is 6.07 Å². The molecule has 0 atom stereocenters. The molecule has 3 nitrogen and oxygen atoms in total. The van der Waals surface area contributed by atoms with Crippen LogP contribution in [0, 0.1) is 13.8 Å². The molecule has 8 heteroatoms. The predicted octanol–water partition coefficient (Wildman–Crippen LogP) is 6.91. The molecule has 2 aromatic carbocycles. The van der Waals surface area contributed by atoms with Gasteiger partial charge < -0.3 is 9.88 Å². The van der Waals surface area contributed by atoms with Crippen molar-refractivity contribution in [2.24, 2.45) is 0 Å². The van der Waals surface area contributed by atoms with Gasteiger partial charge in [-0.25, -0.2) is 0 Å². The molecule has 4 rings (SSSR count). The van der Waals surface area contributed by atoms with Crippen molar-refractivity contribution in [3.63, 3.8) is 0 Å². The number of amides is 1. The zero-order valence-electron chi connectivity index (χ0n) is 15.9. The van der Waals surface area contributed by atoms with Crippen LogP contribution in [-0.2, 0) is 11.0 Å². The van der Waals surface area contributed by atoms with E-state index in [0.29, 0.717) is 26.9 Å². The standard InChI is InChI=1S/C22H15Cl2F3N2O/c1-11-8-13(12(2)29(11)19-5-3-4-17(23)20(19)24)9-16-15-7-6-14(22(25,26)27)10-18(15)28-21(16)30/h3-10H,1-2H3,(H,28,30)/b16-9+. The van der Waals surface area contributed by atoms with Gasteiger partial charge in [0.05, 0.1) is 21.3 Å². The quantitative estimate of drug-likeness (QED) is 0.422. The smallest absolute Gasteiger partial charge is 0.321 e. The van der Waals surface area contributed by atoms with Crippen LogP contribution >= 0.6 is 23.2 Å². The van der Waals surface area contributed by atoms with E-state index in [0.717, 1.165) is 29.1 Å². The average molecular weight is 451 g/mol. The second kappa shape index (κ2) is 7.22. The summed E-state index contributed by atoms with van der Waals surface area (Å²) in [5, 5.41) is 3.35. The van der Waals surface area contributed by atoms with Crippen molar-refractivity contribution >= 4 is 46.4 Å². The van der Waals surface area contributed by atoms with E-state index in [1.54, 1.807) is 18.2 Å². The first kappa shape index (κ1) is 20.6. The molecule has 0 radical (unpaired) electrons. The van der Waals surface area contributed by atoms with E-state index >= 15 is 0 Å². The molecule has 0 saturated carbocycles. The van der Waals surface area contributed by atoms with Gasteiger partial charge >= 0.3 is 6.18 Å². The van der Waals surface area contributed by atoms with Gasteiger partial charge in [-0.3, -0.25) is 4.79 Å². The van der Waals surface area contributed by atoms with Gasteiger partial charge in [0.1, 0.15) is 0 Å². The third-order valence-corrected chi connectivity index (χ3v) is 5.88. The fraction of sp³-hybridized carbons (Fsp3) is 0.136. The molecule has 0 saturated heterocycles. The highest BCUT2D eigenvalue weighted by molar-refractivity contribution is 6.43. The molecule has 1 amide bonds. The predicted molar refractivity (Wildman–Crippen MR) is 113 cm³/mol. The summed E-state index contributed by atoms with van der Waals surface area (Å²) >= 11 is 12.5. The average Bonchev–Trinajstić information content (AvgIpc) is 3.13. The third kappa shape index (κ3) is 3.40. The number of fused-ring (bicyclic) bond motifs is 1. The molecule has 0 unspecified atom stereocenters. The summed E-state index contributed by atoms with van der Waals surface area (Å²) in [6.45, 7) is 3.77. The maximum absolute atomic E-state index is 13.0. The molecule has 1 aliphatic rings. The lowest BCUT2D eigenvalue weighted by Crippen LogP contribution is -2.06. The molecule has 1 N–H and O–H groups in total. The van der Waals surface area contributed by atoms with Crippen molar-refractivity contribution in [1.29, 1.82) is 0 Å². The Morgan fingerprint density at radius 2 is 1.80 bits per heavy atom. The van der Waals surface area contributed by atoms with Crippen molar-refractivity contribution in [2.45, 2.75) is 20.0 Å². The fourth-order valence-corrected chi connectivity index (χ4v) is 4.02. The lowest BCUT2D eigenvalue weighted by Gasteiger charge is -2.12. The molecule has 0 bridgehead atoms. The molecule has 1 aromatic heterocycles. The van der Waals surface area contributed by atoms with E-state index in [2.05, 4.69) is 5.32 Å². The number of aromatic nitrogens is 1. The van der Waals surface area contributed by atoms with Gasteiger partial charge in [-0.2, -0.15) is 13.2 Å². The lowest BCUT2D eigenvalue weighted by molar-refractivity contribution is -0.137. The Hall–Kier alpha value is -2.70. The van der Waals surface area contributed by atoms with Crippen molar-refractivity contribution in [3.8, 4) is 5.69 Å². The second-order valence-corrected chi connectivity index (χ2v) is 7.79. The number of nitrogens with one attached hydrogen (secondary N) is 1. The number of aryl methyl sites for hydroxylation is 1. The third-order valence-electron chi connectivity index (χ3n) is 5.07. The first-order chi connectivity index (χ1) is 14.1. The van der Waals surface area contributed by atoms with Crippen molar-refractivity contribution in [2.75, 3.05) is 5.32 Å². The van der Waals surface area contributed by atoms with Gasteiger partial charge in [0, 0.05) is 28.2 Å². The van der Waals surface area contributed by atoms with Gasteiger partial charge in [0.2, 0.25) is 0 Å². The Balaban J connectivity index is 1.81. The van der Waals surface area contributed by atoms with Crippen LogP contribution in [0.25, 0.3) is 17.3 Å². The normalized spacial score (nSPS) is 14.9. The monoisotopic (exact) mass is 450 g/mol. The van der Waals surface area contributed by atoms with Crippen LogP contribution in [-0.4, -0.2) is 10.5 Å². The summed E-state index contributed by atoms with van der Waals surface area (Å²) < 4.78 is 40.8. The number of hydrogen-bond donors (Lipinski definition) is 1. The van der Waals surface area contributed by atoms with Gasteiger partial charge in [0.15, 0.2) is 0 Å². The number of carbonyl (C=O) groups excluding carboxylic acids is 1. The maximum Gasteiger partial charge on any atom is 0.416 e. The Morgan fingerprint density at radius 3 is 2.50 bits per heavy atom. The minimum absolute atomic E-state index is 0.146. The largest absolute Gasteiger partial charge is 0.416 e. The molecule has 0 aliphatic carbocycles. The number of nitrogens with zero attached hydrogens (tertiary/aromatic N) is 1. The zero-order chi connectivity index (χ0) is 21.8. The molecule has 2 heterocycles. The van der Waals surface area contributed by atoms with Crippen LogP contribution in [0.4, 0.5) is 18.9 Å². The number of rotatable bonds is 2. The minimum Gasteiger partial charge on any atom is -0.321 e. The van der Waals surface area contributed by atoms with Crippen LogP contribution in [0.15, 0.2) is 42.5 Å². The summed E-state index contributed by atoms with van der Waals surface area (Å²) in [4.78, 5) is 12.5. The van der Waals surface area contributed by atoms with Crippen molar-refractivity contribution in [1.82, 2.24) is 4.57 Å². The number of anilines is 1. The summed E-state index contributed by atoms with van der Waals surface area (Å²) in [6.07, 6.45) is -2.81. The fourth-order valence-electron chi connectivity index (χ4n) is 3.64. The van der Waals surface area contributed by atoms with Gasteiger partial charge in [-0.05, 0) is 55.8 Å². The number of carbonyl (C=O) groups is 1. The Morgan fingerprint density at radius 1 is 1.07 bits per heavy atom. The molecule has 0 fully saturated rings. The summed E-state index contributed by atoms with van der Waals surface area (Å²) in [5.41, 5.74) is 3.21. The first-order valence-corrected chi connectivity index (χ1v) is 9.71. The Labute approximate surface area is 180 Å². The van der Waals surface area contributed by atoms with E-state index in [-0.39, 0.29) is 5.69 Å². The number of halogens is 5. The summed E-state index contributed by atoms with van der Waals surface area (Å²) in [7, 11) is 0. The Kier molecular flexibility index (Phi) is 4.95. The van der Waals surface area contributed by atoms with E-state index in [1.807, 2.05) is 30.5 Å². The lowest BCUT2D eigenvalue weighted by atomic mass is 10.0. The molecule has 3 aromatic rings. The second-order valence-electron chi connectivity index (χ2n) is 7.01. The number of hydrogen-bond acceptors (Lipinski definition) is 1. The highest BCUT2D eigenvalue weighted by Crippen LogP contribution is 2.39. The van der Waals surface area contributed by atoms with Gasteiger partial charge in [0.25, 0.3) is 5.91 Å². The zero-order valence-corrected chi connectivity index (χ0v) is 17.4. The van der Waals surface area contributed by atoms with Crippen molar-refractivity contribution < 1.29 is 18.0 Å². The number of alkyl halides is 3. The van der Waals surface area contributed by atoms with Gasteiger partial charge in [-0.1, -0.05) is 35.3 Å². The molecular formula is C22H15Cl2F3N2O. The maximum atomic E-state index is 13.0. The molecule has 154 valence electrons. The van der Waals surface area contributed by atoms with E-state index in [4.69, 9.17) is 23.2 Å². The van der Waals surface area contributed by atoms with Crippen LogP contribution in [0.2, 0.25) is 10.0 Å². The highest BCUT2D eigenvalue weighted by atomic mass is 35.5. The molecular weight excluding hydrogens is 436 g/mol. The topological polar surface area (TPSA) is 34.0 Å². The van der Waals surface area contributed by atoms with E-state index < -0.39 is 17.6 Å². The molecule has 0 spiro atoms. The highest BCUT2D eigenvalue weighted by Gasteiger charge is 2.33.